The van der Waals surface area contributed by atoms with E-state index < -0.39 is 8.07 Å². The molecule has 0 unspecified atom stereocenters. The molecule has 10 aromatic carbocycles. The van der Waals surface area contributed by atoms with E-state index in [9.17, 15) is 0 Å². The maximum Gasteiger partial charge on any atom is 0.179 e. The molecular formula is C60H42N2Si. The third-order valence-corrected chi connectivity index (χ3v) is 17.8. The summed E-state index contributed by atoms with van der Waals surface area (Å²) in [5, 5.41) is 10.4. The van der Waals surface area contributed by atoms with Gasteiger partial charge in [0.15, 0.2) is 8.07 Å². The summed E-state index contributed by atoms with van der Waals surface area (Å²) in [6.07, 6.45) is 0. The summed E-state index contributed by atoms with van der Waals surface area (Å²) >= 11 is 0. The third kappa shape index (κ3) is 5.93. The number of benzene rings is 10. The van der Waals surface area contributed by atoms with Crippen molar-refractivity contribution >= 4 is 72.4 Å². The Morgan fingerprint density at radius 1 is 0.254 bits per heavy atom. The molecule has 0 saturated carbocycles. The zero-order valence-corrected chi connectivity index (χ0v) is 35.6. The van der Waals surface area contributed by atoms with Crippen LogP contribution in [-0.2, 0) is 0 Å². The summed E-state index contributed by atoms with van der Waals surface area (Å²) in [6.45, 7) is 0. The van der Waals surface area contributed by atoms with E-state index in [1.165, 1.54) is 86.6 Å². The summed E-state index contributed by atoms with van der Waals surface area (Å²) in [5.41, 5.74) is 12.0. The standard InChI is InChI=1S/C60H42N2Si/c1-5-20-43(21-6-1)44-22-17-30-50(40-44)63(48-26-9-3-10-27-48,49-28-11-4-12-29-49)51-31-18-25-47(42-51)61-57-36-15-14-33-54(57)56-41-45(38-39-59(56)61)52-34-19-35-55-53-32-13-16-37-58(53)62(60(52)55)46-23-7-2-8-24-46/h1-42H. The van der Waals surface area contributed by atoms with Crippen molar-refractivity contribution in [2.45, 2.75) is 0 Å². The lowest BCUT2D eigenvalue weighted by atomic mass is 10.00. The van der Waals surface area contributed by atoms with Crippen LogP contribution in [0.3, 0.4) is 0 Å². The topological polar surface area (TPSA) is 9.86 Å². The van der Waals surface area contributed by atoms with E-state index in [4.69, 9.17) is 0 Å². The molecule has 0 aliphatic heterocycles. The molecule has 2 nitrogen and oxygen atoms in total. The van der Waals surface area contributed by atoms with Crippen LogP contribution in [0.25, 0.3) is 77.2 Å². The molecule has 12 rings (SSSR count). The molecular weight excluding hydrogens is 777 g/mol. The highest BCUT2D eigenvalue weighted by Gasteiger charge is 2.42. The fourth-order valence-electron chi connectivity index (χ4n) is 10.3. The quantitative estimate of drug-likeness (QED) is 0.107. The molecule has 3 heteroatoms. The van der Waals surface area contributed by atoms with Crippen LogP contribution >= 0.6 is 0 Å². The van der Waals surface area contributed by atoms with Crippen molar-refractivity contribution in [2.24, 2.45) is 0 Å². The van der Waals surface area contributed by atoms with Crippen molar-refractivity contribution in [1.82, 2.24) is 9.13 Å². The summed E-state index contributed by atoms with van der Waals surface area (Å²) in [5.74, 6) is 0. The number of para-hydroxylation sites is 4. The van der Waals surface area contributed by atoms with Crippen molar-refractivity contribution < 1.29 is 0 Å². The normalized spacial score (nSPS) is 11.8. The largest absolute Gasteiger partial charge is 0.309 e. The van der Waals surface area contributed by atoms with Gasteiger partial charge in [-0.3, -0.25) is 0 Å². The third-order valence-electron chi connectivity index (χ3n) is 13.0. The number of aromatic nitrogens is 2. The van der Waals surface area contributed by atoms with Gasteiger partial charge in [0.2, 0.25) is 0 Å². The first-order valence-electron chi connectivity index (χ1n) is 21.8. The lowest BCUT2D eigenvalue weighted by molar-refractivity contribution is 1.18. The summed E-state index contributed by atoms with van der Waals surface area (Å²) in [6, 6.07) is 94.3. The number of hydrogen-bond donors (Lipinski definition) is 0. The van der Waals surface area contributed by atoms with Gasteiger partial charge in [-0.15, -0.1) is 0 Å². The van der Waals surface area contributed by atoms with Crippen LogP contribution in [0.4, 0.5) is 0 Å². The van der Waals surface area contributed by atoms with E-state index in [0.717, 1.165) is 11.4 Å². The van der Waals surface area contributed by atoms with Gasteiger partial charge in [0.1, 0.15) is 0 Å². The lowest BCUT2D eigenvalue weighted by Crippen LogP contribution is -2.74. The molecule has 0 aliphatic rings. The summed E-state index contributed by atoms with van der Waals surface area (Å²) in [4.78, 5) is 0. The summed E-state index contributed by atoms with van der Waals surface area (Å²) < 4.78 is 4.92. The number of fused-ring (bicyclic) bond motifs is 6. The SMILES string of the molecule is c1ccc(-c2cccc([Si](c3ccccc3)(c3ccccc3)c3cccc(-n4c5ccccc5c5cc(-c6cccc7c8ccccc8n(-c8ccccc8)c67)ccc54)c3)c2)cc1. The minimum atomic E-state index is -2.89. The minimum Gasteiger partial charge on any atom is -0.309 e. The second-order valence-electron chi connectivity index (χ2n) is 16.5. The second kappa shape index (κ2) is 15.2. The molecule has 2 heterocycles. The van der Waals surface area contributed by atoms with E-state index in [1.54, 1.807) is 0 Å². The van der Waals surface area contributed by atoms with Gasteiger partial charge in [-0.05, 0) is 86.0 Å². The number of rotatable bonds is 8. The highest BCUT2D eigenvalue weighted by molar-refractivity contribution is 7.20. The van der Waals surface area contributed by atoms with Gasteiger partial charge < -0.3 is 9.13 Å². The van der Waals surface area contributed by atoms with Gasteiger partial charge >= 0.3 is 0 Å². The fourth-order valence-corrected chi connectivity index (χ4v) is 15.1. The highest BCUT2D eigenvalue weighted by Crippen LogP contribution is 2.40. The molecule has 0 aliphatic carbocycles. The molecule has 0 N–H and O–H groups in total. The number of nitrogens with zero attached hydrogens (tertiary/aromatic N) is 2. The minimum absolute atomic E-state index is 1.15. The van der Waals surface area contributed by atoms with Crippen molar-refractivity contribution in [3.63, 3.8) is 0 Å². The molecule has 296 valence electrons. The van der Waals surface area contributed by atoms with E-state index in [1.807, 2.05) is 0 Å². The first kappa shape index (κ1) is 36.8. The Hall–Kier alpha value is -7.98. The average molecular weight is 819 g/mol. The van der Waals surface area contributed by atoms with Gasteiger partial charge in [-0.2, -0.15) is 0 Å². The zero-order valence-electron chi connectivity index (χ0n) is 34.6. The van der Waals surface area contributed by atoms with E-state index >= 15 is 0 Å². The van der Waals surface area contributed by atoms with Crippen LogP contribution < -0.4 is 20.7 Å². The second-order valence-corrected chi connectivity index (χ2v) is 20.3. The average Bonchev–Trinajstić information content (AvgIpc) is 3.89. The molecule has 0 bridgehead atoms. The smallest absolute Gasteiger partial charge is 0.179 e. The van der Waals surface area contributed by atoms with Crippen molar-refractivity contribution in [1.29, 1.82) is 0 Å². The van der Waals surface area contributed by atoms with Crippen molar-refractivity contribution in [3.8, 4) is 33.6 Å². The summed E-state index contributed by atoms with van der Waals surface area (Å²) in [7, 11) is -2.89. The van der Waals surface area contributed by atoms with Crippen LogP contribution in [0, 0.1) is 0 Å². The van der Waals surface area contributed by atoms with E-state index in [-0.39, 0.29) is 0 Å². The van der Waals surface area contributed by atoms with Crippen LogP contribution in [-0.4, -0.2) is 17.2 Å². The molecule has 0 fully saturated rings. The molecule has 63 heavy (non-hydrogen) atoms. The Kier molecular flexibility index (Phi) is 8.87. The fraction of sp³-hybridized carbons (Fsp3) is 0. The molecule has 0 spiro atoms. The number of hydrogen-bond acceptors (Lipinski definition) is 0. The van der Waals surface area contributed by atoms with E-state index in [0.29, 0.717) is 0 Å². The molecule has 0 radical (unpaired) electrons. The Morgan fingerprint density at radius 3 is 1.43 bits per heavy atom. The molecule has 0 saturated heterocycles. The Balaban J connectivity index is 1.09. The van der Waals surface area contributed by atoms with Gasteiger partial charge in [0.25, 0.3) is 0 Å². The first-order chi connectivity index (χ1) is 31.3. The van der Waals surface area contributed by atoms with Crippen molar-refractivity contribution in [3.05, 3.63) is 255 Å². The molecule has 2 aromatic heterocycles. The maximum atomic E-state index is 2.49. The highest BCUT2D eigenvalue weighted by atomic mass is 28.3. The van der Waals surface area contributed by atoms with Crippen LogP contribution in [0.1, 0.15) is 0 Å². The van der Waals surface area contributed by atoms with Crippen LogP contribution in [0.2, 0.25) is 0 Å². The van der Waals surface area contributed by atoms with Gasteiger partial charge in [0, 0.05) is 38.5 Å². The Morgan fingerprint density at radius 2 is 0.730 bits per heavy atom. The monoisotopic (exact) mass is 818 g/mol. The van der Waals surface area contributed by atoms with E-state index in [2.05, 4.69) is 264 Å². The molecule has 0 atom stereocenters. The van der Waals surface area contributed by atoms with Gasteiger partial charge in [-0.1, -0.05) is 206 Å². The lowest BCUT2D eigenvalue weighted by Gasteiger charge is -2.35. The van der Waals surface area contributed by atoms with Gasteiger partial charge in [0.05, 0.1) is 22.1 Å². The maximum absolute atomic E-state index is 2.89. The zero-order chi connectivity index (χ0) is 41.7. The van der Waals surface area contributed by atoms with Gasteiger partial charge in [-0.25, -0.2) is 0 Å². The van der Waals surface area contributed by atoms with Crippen LogP contribution in [0.15, 0.2) is 255 Å². The first-order valence-corrected chi connectivity index (χ1v) is 23.8. The van der Waals surface area contributed by atoms with Crippen molar-refractivity contribution in [2.75, 3.05) is 0 Å². The van der Waals surface area contributed by atoms with Crippen LogP contribution in [0.5, 0.6) is 0 Å². The predicted molar refractivity (Wildman–Crippen MR) is 270 cm³/mol. The predicted octanol–water partition coefficient (Wildman–Crippen LogP) is 12.6. The Bertz CT molecular complexity index is 3570. The molecule has 12 aromatic rings. The Labute approximate surface area is 368 Å². The molecule has 0 amide bonds.